The van der Waals surface area contributed by atoms with Crippen LogP contribution in [-0.4, -0.2) is 42.6 Å². The highest BCUT2D eigenvalue weighted by Crippen LogP contribution is 2.36. The van der Waals surface area contributed by atoms with Crippen LogP contribution in [0.5, 0.6) is 0 Å². The molecule has 18 heavy (non-hydrogen) atoms. The third kappa shape index (κ3) is 3.14. The van der Waals surface area contributed by atoms with Gasteiger partial charge in [-0.15, -0.1) is 0 Å². The molecule has 3 nitrogen and oxygen atoms in total. The van der Waals surface area contributed by atoms with Gasteiger partial charge in [0.1, 0.15) is 4.88 Å². The number of aromatic nitrogens is 1. The summed E-state index contributed by atoms with van der Waals surface area (Å²) < 4.78 is 37.5. The van der Waals surface area contributed by atoms with Crippen molar-refractivity contribution in [2.24, 2.45) is 0 Å². The lowest BCUT2D eigenvalue weighted by Gasteiger charge is -2.20. The Hall–Kier alpha value is -0.820. The third-order valence-electron chi connectivity index (χ3n) is 3.08. The maximum Gasteiger partial charge on any atom is 0.427 e. The molecule has 1 aliphatic heterocycles. The van der Waals surface area contributed by atoms with Crippen molar-refractivity contribution in [2.45, 2.75) is 19.5 Å². The summed E-state index contributed by atoms with van der Waals surface area (Å²) in [7, 11) is 0. The molecule has 1 aliphatic rings. The van der Waals surface area contributed by atoms with Gasteiger partial charge < -0.3 is 9.80 Å². The lowest BCUT2D eigenvalue weighted by Crippen LogP contribution is -2.30. The molecule has 0 saturated carbocycles. The largest absolute Gasteiger partial charge is 0.427 e. The van der Waals surface area contributed by atoms with Crippen LogP contribution in [0.15, 0.2) is 6.20 Å². The number of halogens is 3. The van der Waals surface area contributed by atoms with Crippen LogP contribution in [0.4, 0.5) is 18.3 Å². The van der Waals surface area contributed by atoms with Gasteiger partial charge >= 0.3 is 6.18 Å². The molecule has 0 atom stereocenters. The highest BCUT2D eigenvalue weighted by Gasteiger charge is 2.34. The molecule has 2 heterocycles. The second kappa shape index (κ2) is 5.44. The SMILES string of the molecule is CCN1CCCN(c2ncc(C(F)(F)F)s2)CC1. The van der Waals surface area contributed by atoms with E-state index in [9.17, 15) is 13.2 Å². The van der Waals surface area contributed by atoms with E-state index in [0.717, 1.165) is 56.7 Å². The minimum Gasteiger partial charge on any atom is -0.347 e. The fourth-order valence-electron chi connectivity index (χ4n) is 2.02. The number of hydrogen-bond donors (Lipinski definition) is 0. The Balaban J connectivity index is 2.05. The molecule has 7 heteroatoms. The smallest absolute Gasteiger partial charge is 0.347 e. The lowest BCUT2D eigenvalue weighted by molar-refractivity contribution is -0.134. The van der Waals surface area contributed by atoms with Crippen molar-refractivity contribution in [3.8, 4) is 0 Å². The van der Waals surface area contributed by atoms with Gasteiger partial charge in [0, 0.05) is 19.6 Å². The molecule has 1 aromatic rings. The molecule has 0 spiro atoms. The van der Waals surface area contributed by atoms with Crippen LogP contribution in [-0.2, 0) is 6.18 Å². The second-order valence-corrected chi connectivity index (χ2v) is 5.29. The van der Waals surface area contributed by atoms with E-state index in [4.69, 9.17) is 0 Å². The van der Waals surface area contributed by atoms with Crippen molar-refractivity contribution in [1.82, 2.24) is 9.88 Å². The summed E-state index contributed by atoms with van der Waals surface area (Å²) >= 11 is 0.736. The van der Waals surface area contributed by atoms with Crippen LogP contribution in [0, 0.1) is 0 Å². The topological polar surface area (TPSA) is 19.4 Å². The van der Waals surface area contributed by atoms with Crippen LogP contribution >= 0.6 is 11.3 Å². The first kappa shape index (κ1) is 13.6. The molecule has 0 aromatic carbocycles. The summed E-state index contributed by atoms with van der Waals surface area (Å²) in [6, 6.07) is 0. The van der Waals surface area contributed by atoms with Gasteiger partial charge in [-0.1, -0.05) is 18.3 Å². The van der Waals surface area contributed by atoms with E-state index < -0.39 is 11.1 Å². The quantitative estimate of drug-likeness (QED) is 0.829. The Kier molecular flexibility index (Phi) is 4.11. The average molecular weight is 279 g/mol. The zero-order chi connectivity index (χ0) is 13.2. The third-order valence-corrected chi connectivity index (χ3v) is 4.18. The lowest BCUT2D eigenvalue weighted by atomic mass is 10.4. The molecule has 1 fully saturated rings. The van der Waals surface area contributed by atoms with Gasteiger partial charge in [-0.05, 0) is 19.5 Å². The van der Waals surface area contributed by atoms with E-state index in [-0.39, 0.29) is 0 Å². The predicted molar refractivity (Wildman–Crippen MR) is 66.1 cm³/mol. The first-order valence-electron chi connectivity index (χ1n) is 6.01. The molecule has 2 rings (SSSR count). The predicted octanol–water partition coefficient (Wildman–Crippen LogP) is 2.69. The van der Waals surface area contributed by atoms with Gasteiger partial charge in [0.2, 0.25) is 0 Å². The minimum absolute atomic E-state index is 0.486. The van der Waals surface area contributed by atoms with Gasteiger partial charge in [0.15, 0.2) is 5.13 Å². The Morgan fingerprint density at radius 1 is 1.28 bits per heavy atom. The summed E-state index contributed by atoms with van der Waals surface area (Å²) in [6.07, 6.45) is -2.38. The Morgan fingerprint density at radius 3 is 2.67 bits per heavy atom. The average Bonchev–Trinajstić information content (AvgIpc) is 2.68. The van der Waals surface area contributed by atoms with E-state index in [1.165, 1.54) is 0 Å². The van der Waals surface area contributed by atoms with Crippen LogP contribution < -0.4 is 4.90 Å². The number of hydrogen-bond acceptors (Lipinski definition) is 4. The van der Waals surface area contributed by atoms with Gasteiger partial charge in [0.05, 0.1) is 6.20 Å². The maximum absolute atomic E-state index is 12.5. The highest BCUT2D eigenvalue weighted by atomic mass is 32.1. The van der Waals surface area contributed by atoms with Crippen molar-refractivity contribution in [3.05, 3.63) is 11.1 Å². The number of thiazole rings is 1. The Bertz CT molecular complexity index is 391. The van der Waals surface area contributed by atoms with E-state index in [1.807, 2.05) is 4.90 Å². The van der Waals surface area contributed by atoms with Crippen molar-refractivity contribution < 1.29 is 13.2 Å². The zero-order valence-corrected chi connectivity index (χ0v) is 11.0. The van der Waals surface area contributed by atoms with E-state index in [1.54, 1.807) is 0 Å². The van der Waals surface area contributed by atoms with Gasteiger partial charge in [-0.3, -0.25) is 0 Å². The summed E-state index contributed by atoms with van der Waals surface area (Å²) in [6.45, 7) is 6.50. The molecule has 0 radical (unpaired) electrons. The molecule has 0 bridgehead atoms. The Labute approximate surface area is 108 Å². The summed E-state index contributed by atoms with van der Waals surface area (Å²) in [5.74, 6) is 0. The van der Waals surface area contributed by atoms with Crippen molar-refractivity contribution >= 4 is 16.5 Å². The van der Waals surface area contributed by atoms with Crippen LogP contribution in [0.25, 0.3) is 0 Å². The minimum atomic E-state index is -4.28. The summed E-state index contributed by atoms with van der Waals surface area (Å²) in [5, 5.41) is 0.486. The van der Waals surface area contributed by atoms with Crippen molar-refractivity contribution in [1.29, 1.82) is 0 Å². The Morgan fingerprint density at radius 2 is 2.06 bits per heavy atom. The second-order valence-electron chi connectivity index (χ2n) is 4.28. The fourth-order valence-corrected chi connectivity index (χ4v) is 2.86. The molecule has 0 amide bonds. The van der Waals surface area contributed by atoms with Crippen molar-refractivity contribution in [2.75, 3.05) is 37.6 Å². The maximum atomic E-state index is 12.5. The van der Waals surface area contributed by atoms with Crippen molar-refractivity contribution in [3.63, 3.8) is 0 Å². The fraction of sp³-hybridized carbons (Fsp3) is 0.727. The van der Waals surface area contributed by atoms with Gasteiger partial charge in [-0.2, -0.15) is 13.2 Å². The molecular formula is C11H16F3N3S. The molecular weight excluding hydrogens is 263 g/mol. The van der Waals surface area contributed by atoms with E-state index in [0.29, 0.717) is 5.13 Å². The number of rotatable bonds is 2. The molecule has 0 aliphatic carbocycles. The van der Waals surface area contributed by atoms with E-state index >= 15 is 0 Å². The van der Waals surface area contributed by atoms with Crippen LogP contribution in [0.2, 0.25) is 0 Å². The zero-order valence-electron chi connectivity index (χ0n) is 10.2. The monoisotopic (exact) mass is 279 g/mol. The van der Waals surface area contributed by atoms with Crippen LogP contribution in [0.3, 0.4) is 0 Å². The first-order valence-corrected chi connectivity index (χ1v) is 6.82. The molecule has 0 unspecified atom stereocenters. The molecule has 102 valence electrons. The van der Waals surface area contributed by atoms with E-state index in [2.05, 4.69) is 16.8 Å². The number of anilines is 1. The highest BCUT2D eigenvalue weighted by molar-refractivity contribution is 7.15. The molecule has 0 N–H and O–H groups in total. The van der Waals surface area contributed by atoms with Gasteiger partial charge in [0.25, 0.3) is 0 Å². The van der Waals surface area contributed by atoms with Gasteiger partial charge in [-0.25, -0.2) is 4.98 Å². The number of likely N-dealkylation sites (N-methyl/N-ethyl adjacent to an activating group) is 1. The molecule has 1 saturated heterocycles. The first-order chi connectivity index (χ1) is 8.50. The standard InChI is InChI=1S/C11H16F3N3S/c1-2-16-4-3-5-17(7-6-16)10-15-8-9(18-10)11(12,13)14/h8H,2-7H2,1H3. The number of alkyl halides is 3. The normalized spacial score (nSPS) is 19.0. The summed E-state index contributed by atoms with van der Waals surface area (Å²) in [4.78, 5) is 7.55. The van der Waals surface area contributed by atoms with Crippen LogP contribution in [0.1, 0.15) is 18.2 Å². The summed E-state index contributed by atoms with van der Waals surface area (Å²) in [5.41, 5.74) is 0. The number of nitrogens with zero attached hydrogens (tertiary/aromatic N) is 3. The molecule has 1 aromatic heterocycles.